The molecule has 0 fully saturated rings. The molecule has 0 radical (unpaired) electrons. The molecule has 0 spiro atoms. The van der Waals surface area contributed by atoms with E-state index >= 15 is 0 Å². The first kappa shape index (κ1) is 10.4. The number of aromatic nitrogens is 1. The number of nitrogens with one attached hydrogen (secondary N) is 1. The number of pyridine rings is 1. The number of nitrogens with two attached hydrogens (primary N) is 1. The maximum Gasteiger partial charge on any atom is 0.245 e. The van der Waals surface area contributed by atoms with Crippen molar-refractivity contribution >= 4 is 5.91 Å². The average Bonchev–Trinajstić information content (AvgIpc) is 2.15. The van der Waals surface area contributed by atoms with Crippen molar-refractivity contribution in [1.29, 1.82) is 0 Å². The monoisotopic (exact) mass is 197 g/mol. The van der Waals surface area contributed by atoms with Crippen LogP contribution in [0.1, 0.15) is 5.69 Å². The van der Waals surface area contributed by atoms with E-state index in [4.69, 9.17) is 15.7 Å². The van der Waals surface area contributed by atoms with Crippen LogP contribution in [-0.4, -0.2) is 22.6 Å². The smallest absolute Gasteiger partial charge is 0.245 e. The Morgan fingerprint density at radius 2 is 2.43 bits per heavy atom. The van der Waals surface area contributed by atoms with Gasteiger partial charge >= 0.3 is 0 Å². The van der Waals surface area contributed by atoms with E-state index in [2.05, 4.69) is 10.5 Å². The maximum atomic E-state index is 10.3. The minimum absolute atomic E-state index is 0.104. The fourth-order valence-corrected chi connectivity index (χ4v) is 0.768. The molecule has 6 nitrogen and oxygen atoms in total. The fraction of sp³-hybridized carbons (Fsp3) is 0.250. The van der Waals surface area contributed by atoms with Crippen molar-refractivity contribution in [3.8, 4) is 5.75 Å². The van der Waals surface area contributed by atoms with E-state index in [1.54, 1.807) is 6.07 Å². The van der Waals surface area contributed by atoms with E-state index in [1.165, 1.54) is 12.3 Å². The summed E-state index contributed by atoms with van der Waals surface area (Å²) in [6, 6.07) is 3.15. The second-order valence-corrected chi connectivity index (χ2v) is 2.58. The van der Waals surface area contributed by atoms with Crippen LogP contribution in [0.3, 0.4) is 0 Å². The van der Waals surface area contributed by atoms with E-state index in [1.807, 2.05) is 0 Å². The van der Waals surface area contributed by atoms with Gasteiger partial charge in [0.1, 0.15) is 12.4 Å². The number of primary amides is 1. The number of aromatic hydroxyl groups is 1. The summed E-state index contributed by atoms with van der Waals surface area (Å²) in [7, 11) is 0. The van der Waals surface area contributed by atoms with Gasteiger partial charge in [-0.25, -0.2) is 0 Å². The van der Waals surface area contributed by atoms with Gasteiger partial charge in [-0.2, -0.15) is 5.48 Å². The summed E-state index contributed by atoms with van der Waals surface area (Å²) in [5, 5.41) is 8.93. The molecular formula is C8H11N3O3. The first-order chi connectivity index (χ1) is 6.68. The van der Waals surface area contributed by atoms with Crippen molar-refractivity contribution in [3.05, 3.63) is 24.0 Å². The van der Waals surface area contributed by atoms with Crippen LogP contribution < -0.4 is 11.2 Å². The number of rotatable bonds is 5. The third-order valence-corrected chi connectivity index (χ3v) is 1.38. The van der Waals surface area contributed by atoms with Gasteiger partial charge in [0.25, 0.3) is 0 Å². The van der Waals surface area contributed by atoms with Crippen LogP contribution in [0.2, 0.25) is 0 Å². The predicted octanol–water partition coefficient (Wildman–Crippen LogP) is -0.706. The second-order valence-electron chi connectivity index (χ2n) is 2.58. The van der Waals surface area contributed by atoms with Gasteiger partial charge in [-0.05, 0) is 12.1 Å². The van der Waals surface area contributed by atoms with Crippen LogP contribution in [0, 0.1) is 0 Å². The number of hydrogen-bond donors (Lipinski definition) is 3. The van der Waals surface area contributed by atoms with E-state index < -0.39 is 5.91 Å². The first-order valence-electron chi connectivity index (χ1n) is 3.95. The minimum Gasteiger partial charge on any atom is -0.506 e. The summed E-state index contributed by atoms with van der Waals surface area (Å²) in [6.45, 7) is 0.158. The second kappa shape index (κ2) is 5.15. The quantitative estimate of drug-likeness (QED) is 0.428. The van der Waals surface area contributed by atoms with Gasteiger partial charge < -0.3 is 10.8 Å². The molecule has 14 heavy (non-hydrogen) atoms. The molecule has 0 bridgehead atoms. The van der Waals surface area contributed by atoms with Crippen LogP contribution in [0.4, 0.5) is 0 Å². The number of carbonyl (C=O) groups excluding carboxylic acids is 1. The molecule has 1 aromatic heterocycles. The van der Waals surface area contributed by atoms with Gasteiger partial charge in [-0.3, -0.25) is 14.6 Å². The van der Waals surface area contributed by atoms with E-state index in [0.29, 0.717) is 12.2 Å². The third kappa shape index (κ3) is 3.83. The highest BCUT2D eigenvalue weighted by atomic mass is 16.6. The Bertz CT molecular complexity index is 299. The summed E-state index contributed by atoms with van der Waals surface area (Å²) in [6.07, 6.45) is 1.32. The lowest BCUT2D eigenvalue weighted by molar-refractivity contribution is -0.125. The summed E-state index contributed by atoms with van der Waals surface area (Å²) in [5.74, 6) is -0.442. The molecule has 1 aromatic rings. The topological polar surface area (TPSA) is 97.5 Å². The van der Waals surface area contributed by atoms with Crippen LogP contribution in [0.25, 0.3) is 0 Å². The van der Waals surface area contributed by atoms with Crippen molar-refractivity contribution in [2.75, 3.05) is 6.61 Å². The molecule has 0 aromatic carbocycles. The summed E-state index contributed by atoms with van der Waals surface area (Å²) in [5.41, 5.74) is 8.03. The SMILES string of the molecule is NC(=O)CONCc1ccc(O)cn1. The zero-order valence-corrected chi connectivity index (χ0v) is 7.43. The van der Waals surface area contributed by atoms with Crippen LogP contribution in [-0.2, 0) is 16.2 Å². The lowest BCUT2D eigenvalue weighted by Gasteiger charge is -2.03. The lowest BCUT2D eigenvalue weighted by Crippen LogP contribution is -2.24. The van der Waals surface area contributed by atoms with Gasteiger partial charge in [0.2, 0.25) is 5.91 Å². The molecule has 1 heterocycles. The van der Waals surface area contributed by atoms with Crippen molar-refractivity contribution in [2.24, 2.45) is 5.73 Å². The predicted molar refractivity (Wildman–Crippen MR) is 47.9 cm³/mol. The number of nitrogens with zero attached hydrogens (tertiary/aromatic N) is 1. The Kier molecular flexibility index (Phi) is 3.84. The van der Waals surface area contributed by atoms with Gasteiger partial charge in [0, 0.05) is 0 Å². The molecule has 1 amide bonds. The number of amides is 1. The molecule has 1 rings (SSSR count). The van der Waals surface area contributed by atoms with E-state index in [-0.39, 0.29) is 12.4 Å². The highest BCUT2D eigenvalue weighted by Gasteiger charge is 1.96. The molecule has 0 aliphatic carbocycles. The van der Waals surface area contributed by atoms with Crippen molar-refractivity contribution in [1.82, 2.24) is 10.5 Å². The molecule has 0 saturated carbocycles. The van der Waals surface area contributed by atoms with Crippen LogP contribution >= 0.6 is 0 Å². The molecule has 0 aliphatic rings. The molecule has 0 unspecified atom stereocenters. The zero-order valence-electron chi connectivity index (χ0n) is 7.43. The van der Waals surface area contributed by atoms with E-state index in [0.717, 1.165) is 0 Å². The number of hydrogen-bond acceptors (Lipinski definition) is 5. The fourth-order valence-electron chi connectivity index (χ4n) is 0.768. The lowest BCUT2D eigenvalue weighted by atomic mass is 10.3. The number of carbonyl (C=O) groups is 1. The Labute approximate surface area is 80.7 Å². The molecule has 0 saturated heterocycles. The summed E-state index contributed by atoms with van der Waals surface area (Å²) in [4.78, 5) is 18.9. The van der Waals surface area contributed by atoms with Gasteiger partial charge in [0.15, 0.2) is 0 Å². The van der Waals surface area contributed by atoms with E-state index in [9.17, 15) is 4.79 Å². The Hall–Kier alpha value is -1.66. The van der Waals surface area contributed by atoms with Crippen molar-refractivity contribution in [3.63, 3.8) is 0 Å². The zero-order chi connectivity index (χ0) is 10.4. The minimum atomic E-state index is -0.545. The van der Waals surface area contributed by atoms with Gasteiger partial charge in [-0.1, -0.05) is 0 Å². The first-order valence-corrected chi connectivity index (χ1v) is 3.95. The normalized spacial score (nSPS) is 10.0. The Morgan fingerprint density at radius 1 is 1.64 bits per heavy atom. The molecule has 76 valence electrons. The molecule has 0 atom stereocenters. The summed E-state index contributed by atoms with van der Waals surface area (Å²) >= 11 is 0. The molecular weight excluding hydrogens is 186 g/mol. The van der Waals surface area contributed by atoms with Crippen molar-refractivity contribution < 1.29 is 14.7 Å². The summed E-state index contributed by atoms with van der Waals surface area (Å²) < 4.78 is 0. The average molecular weight is 197 g/mol. The Morgan fingerprint density at radius 3 is 3.00 bits per heavy atom. The highest BCUT2D eigenvalue weighted by Crippen LogP contribution is 2.05. The standard InChI is InChI=1S/C8H11N3O3/c9-8(13)5-14-11-3-6-1-2-7(12)4-10-6/h1-2,4,11-12H,3,5H2,(H2,9,13). The van der Waals surface area contributed by atoms with Crippen molar-refractivity contribution in [2.45, 2.75) is 6.54 Å². The maximum absolute atomic E-state index is 10.3. The third-order valence-electron chi connectivity index (χ3n) is 1.38. The highest BCUT2D eigenvalue weighted by molar-refractivity contribution is 5.74. The molecule has 6 heteroatoms. The van der Waals surface area contributed by atoms with Gasteiger partial charge in [0.05, 0.1) is 18.4 Å². The van der Waals surface area contributed by atoms with Crippen LogP contribution in [0.5, 0.6) is 5.75 Å². The number of hydroxylamine groups is 1. The van der Waals surface area contributed by atoms with Gasteiger partial charge in [-0.15, -0.1) is 0 Å². The molecule has 0 aliphatic heterocycles. The van der Waals surface area contributed by atoms with Crippen LogP contribution in [0.15, 0.2) is 18.3 Å². The largest absolute Gasteiger partial charge is 0.506 e. The molecule has 4 N–H and O–H groups in total. The Balaban J connectivity index is 2.25.